The van der Waals surface area contributed by atoms with Crippen molar-refractivity contribution in [2.75, 3.05) is 18.5 Å². The lowest BCUT2D eigenvalue weighted by Crippen LogP contribution is -2.20. The number of alkyl halides is 3. The van der Waals surface area contributed by atoms with Gasteiger partial charge in [-0.05, 0) is 42.6 Å². The van der Waals surface area contributed by atoms with Crippen LogP contribution in [0.2, 0.25) is 0 Å². The maximum Gasteiger partial charge on any atom is 0.453 e. The second kappa shape index (κ2) is 11.0. The minimum Gasteiger partial charge on any atom is -0.490 e. The molecule has 7 nitrogen and oxygen atoms in total. The van der Waals surface area contributed by atoms with E-state index < -0.39 is 35.6 Å². The number of benzene rings is 4. The highest BCUT2D eigenvalue weighted by Gasteiger charge is 2.40. The Kier molecular flexibility index (Phi) is 7.33. The van der Waals surface area contributed by atoms with Crippen LogP contribution < -0.4 is 25.0 Å². The van der Waals surface area contributed by atoms with Crippen LogP contribution in [0.5, 0.6) is 23.0 Å². The fourth-order valence-electron chi connectivity index (χ4n) is 4.11. The van der Waals surface area contributed by atoms with Crippen molar-refractivity contribution in [3.8, 4) is 23.0 Å². The lowest BCUT2D eigenvalue weighted by molar-refractivity contribution is -0.154. The number of anilines is 1. The molecule has 1 N–H and O–H groups in total. The summed E-state index contributed by atoms with van der Waals surface area (Å²) in [6.45, 7) is 1.51. The van der Waals surface area contributed by atoms with Crippen LogP contribution in [-0.2, 0) is 11.0 Å². The molecule has 0 spiro atoms. The van der Waals surface area contributed by atoms with Crippen molar-refractivity contribution < 1.29 is 36.6 Å². The Morgan fingerprint density at radius 3 is 2.38 bits per heavy atom. The molecular formula is C30H22F3NO6. The molecule has 5 rings (SSSR count). The summed E-state index contributed by atoms with van der Waals surface area (Å²) in [4.78, 5) is 25.7. The number of carbonyl (C=O) groups excluding carboxylic acids is 1. The normalized spacial score (nSPS) is 11.4. The molecule has 5 aromatic rings. The molecule has 0 atom stereocenters. The van der Waals surface area contributed by atoms with Crippen molar-refractivity contribution >= 4 is 33.3 Å². The maximum absolute atomic E-state index is 14.0. The lowest BCUT2D eigenvalue weighted by Gasteiger charge is -2.15. The van der Waals surface area contributed by atoms with Gasteiger partial charge in [-0.1, -0.05) is 48.5 Å². The summed E-state index contributed by atoms with van der Waals surface area (Å²) < 4.78 is 63.3. The largest absolute Gasteiger partial charge is 0.490 e. The van der Waals surface area contributed by atoms with Crippen molar-refractivity contribution in [3.05, 3.63) is 101 Å². The van der Waals surface area contributed by atoms with Crippen LogP contribution in [-0.4, -0.2) is 19.1 Å². The standard InChI is InChI=1S/C30H22F3NO6/c1-2-37-23-12-5-6-13-24(23)39-28-27(36)21-15-14-19(16-25(21)40-29(28)30(31,32)33)38-17-26(35)34-22-11-7-9-18-8-3-4-10-20(18)22/h3-16H,2,17H2,1H3,(H,34,35). The van der Waals surface area contributed by atoms with E-state index in [1.54, 1.807) is 25.1 Å². The fraction of sp³-hybridized carbons (Fsp3) is 0.133. The van der Waals surface area contributed by atoms with Gasteiger partial charge in [0.15, 0.2) is 18.1 Å². The second-order valence-electron chi connectivity index (χ2n) is 8.59. The summed E-state index contributed by atoms with van der Waals surface area (Å²) in [5, 5.41) is 4.38. The number of amides is 1. The average molecular weight is 550 g/mol. The third-order valence-electron chi connectivity index (χ3n) is 5.87. The SMILES string of the molecule is CCOc1ccccc1Oc1c(C(F)(F)F)oc2cc(OCC(=O)Nc3cccc4ccccc34)ccc2c1=O. The highest BCUT2D eigenvalue weighted by atomic mass is 19.4. The molecule has 0 saturated carbocycles. The van der Waals surface area contributed by atoms with Crippen molar-refractivity contribution in [3.63, 3.8) is 0 Å². The van der Waals surface area contributed by atoms with Crippen molar-refractivity contribution in [1.29, 1.82) is 0 Å². The number of carbonyl (C=O) groups is 1. The van der Waals surface area contributed by atoms with Crippen LogP contribution >= 0.6 is 0 Å². The minimum atomic E-state index is -5.04. The van der Waals surface area contributed by atoms with Crippen LogP contribution in [0.15, 0.2) is 94.1 Å². The zero-order valence-corrected chi connectivity index (χ0v) is 21.1. The predicted octanol–water partition coefficient (Wildman–Crippen LogP) is 7.17. The molecule has 1 aromatic heterocycles. The number of halogens is 3. The van der Waals surface area contributed by atoms with Crippen LogP contribution in [0.1, 0.15) is 12.7 Å². The van der Waals surface area contributed by atoms with E-state index >= 15 is 0 Å². The zero-order chi connectivity index (χ0) is 28.3. The van der Waals surface area contributed by atoms with Crippen LogP contribution in [0.25, 0.3) is 21.7 Å². The van der Waals surface area contributed by atoms with Gasteiger partial charge in [0, 0.05) is 17.1 Å². The van der Waals surface area contributed by atoms with Crippen LogP contribution in [0.4, 0.5) is 18.9 Å². The van der Waals surface area contributed by atoms with Crippen molar-refractivity contribution in [2.45, 2.75) is 13.1 Å². The number of nitrogens with one attached hydrogen (secondary N) is 1. The summed E-state index contributed by atoms with van der Waals surface area (Å²) in [7, 11) is 0. The van der Waals surface area contributed by atoms with E-state index in [1.165, 1.54) is 30.3 Å². The van der Waals surface area contributed by atoms with E-state index in [2.05, 4.69) is 5.32 Å². The lowest BCUT2D eigenvalue weighted by atomic mass is 10.1. The Morgan fingerprint density at radius 2 is 1.60 bits per heavy atom. The number of para-hydroxylation sites is 2. The topological polar surface area (TPSA) is 87.0 Å². The van der Waals surface area contributed by atoms with Crippen LogP contribution in [0.3, 0.4) is 0 Å². The first-order valence-electron chi connectivity index (χ1n) is 12.2. The van der Waals surface area contributed by atoms with Crippen molar-refractivity contribution in [2.24, 2.45) is 0 Å². The molecule has 1 heterocycles. The summed E-state index contributed by atoms with van der Waals surface area (Å²) in [6.07, 6.45) is -5.04. The number of ether oxygens (including phenoxy) is 3. The van der Waals surface area contributed by atoms with Gasteiger partial charge in [0.25, 0.3) is 11.7 Å². The van der Waals surface area contributed by atoms with E-state index in [0.29, 0.717) is 5.69 Å². The molecule has 0 aliphatic rings. The van der Waals surface area contributed by atoms with Gasteiger partial charge in [0.1, 0.15) is 11.3 Å². The van der Waals surface area contributed by atoms with Gasteiger partial charge in [-0.2, -0.15) is 13.2 Å². The smallest absolute Gasteiger partial charge is 0.453 e. The Labute approximate surface area is 225 Å². The quantitative estimate of drug-likeness (QED) is 0.221. The molecule has 0 fully saturated rings. The molecule has 0 aliphatic carbocycles. The molecule has 40 heavy (non-hydrogen) atoms. The Morgan fingerprint density at radius 1 is 0.875 bits per heavy atom. The van der Waals surface area contributed by atoms with Crippen LogP contribution in [0, 0.1) is 0 Å². The number of fused-ring (bicyclic) bond motifs is 2. The number of hydrogen-bond acceptors (Lipinski definition) is 6. The number of rotatable bonds is 8. The zero-order valence-electron chi connectivity index (χ0n) is 21.1. The van der Waals surface area contributed by atoms with Crippen molar-refractivity contribution in [1.82, 2.24) is 0 Å². The summed E-state index contributed by atoms with van der Waals surface area (Å²) in [5.41, 5.74) is -0.820. The van der Waals surface area contributed by atoms with Gasteiger partial charge in [-0.15, -0.1) is 0 Å². The number of hydrogen-bond donors (Lipinski definition) is 1. The van der Waals surface area contributed by atoms with Gasteiger partial charge < -0.3 is 23.9 Å². The van der Waals surface area contributed by atoms with Gasteiger partial charge in [0.2, 0.25) is 11.2 Å². The Hall–Kier alpha value is -4.99. The highest BCUT2D eigenvalue weighted by Crippen LogP contribution is 2.40. The molecule has 0 radical (unpaired) electrons. The molecule has 204 valence electrons. The van der Waals surface area contributed by atoms with E-state index in [9.17, 15) is 22.8 Å². The third kappa shape index (κ3) is 5.56. The summed E-state index contributed by atoms with van der Waals surface area (Å²) in [5.74, 6) is -2.97. The van der Waals surface area contributed by atoms with E-state index in [0.717, 1.165) is 16.8 Å². The fourth-order valence-corrected chi connectivity index (χ4v) is 4.11. The monoisotopic (exact) mass is 549 g/mol. The molecule has 0 bridgehead atoms. The molecule has 1 amide bonds. The molecule has 4 aromatic carbocycles. The molecule has 0 aliphatic heterocycles. The third-order valence-corrected chi connectivity index (χ3v) is 5.87. The molecular weight excluding hydrogens is 527 g/mol. The minimum absolute atomic E-state index is 0.0344. The summed E-state index contributed by atoms with van der Waals surface area (Å²) >= 11 is 0. The molecule has 0 unspecified atom stereocenters. The predicted molar refractivity (Wildman–Crippen MR) is 143 cm³/mol. The summed E-state index contributed by atoms with van der Waals surface area (Å²) in [6, 6.07) is 22.7. The van der Waals surface area contributed by atoms with Gasteiger partial charge in [-0.25, -0.2) is 0 Å². The second-order valence-corrected chi connectivity index (χ2v) is 8.59. The molecule has 10 heteroatoms. The maximum atomic E-state index is 14.0. The first-order chi connectivity index (χ1) is 19.2. The van der Waals surface area contributed by atoms with E-state index in [-0.39, 0.29) is 34.8 Å². The first-order valence-corrected chi connectivity index (χ1v) is 12.2. The van der Waals surface area contributed by atoms with Gasteiger partial charge in [-0.3, -0.25) is 9.59 Å². The Balaban J connectivity index is 1.41. The Bertz CT molecular complexity index is 1760. The average Bonchev–Trinajstić information content (AvgIpc) is 2.94. The van der Waals surface area contributed by atoms with Gasteiger partial charge in [0.05, 0.1) is 12.0 Å². The van der Waals surface area contributed by atoms with E-state index in [1.807, 2.05) is 30.3 Å². The van der Waals surface area contributed by atoms with E-state index in [4.69, 9.17) is 18.6 Å². The van der Waals surface area contributed by atoms with Gasteiger partial charge >= 0.3 is 6.18 Å². The molecule has 0 saturated heterocycles. The first kappa shape index (κ1) is 26.6. The highest BCUT2D eigenvalue weighted by molar-refractivity contribution is 6.02.